The summed E-state index contributed by atoms with van der Waals surface area (Å²) in [5.74, 6) is 1.91. The zero-order valence-corrected chi connectivity index (χ0v) is 15.1. The predicted molar refractivity (Wildman–Crippen MR) is 95.8 cm³/mol. The molecule has 1 aliphatic rings. The fourth-order valence-corrected chi connectivity index (χ4v) is 4.81. The van der Waals surface area contributed by atoms with Gasteiger partial charge in [0.15, 0.2) is 0 Å². The average molecular weight is 306 g/mol. The van der Waals surface area contributed by atoms with Crippen molar-refractivity contribution < 1.29 is 0 Å². The molecule has 3 unspecified atom stereocenters. The van der Waals surface area contributed by atoms with E-state index in [0.717, 1.165) is 11.7 Å². The van der Waals surface area contributed by atoms with E-state index in [-0.39, 0.29) is 0 Å². The molecular formula is C19H31NS. The second kappa shape index (κ2) is 6.75. The fraction of sp³-hybridized carbons (Fsp3) is 0.684. The third-order valence-corrected chi connectivity index (χ3v) is 6.28. The molecule has 1 fully saturated rings. The molecule has 2 heteroatoms. The number of thioether (sulfide) groups is 1. The van der Waals surface area contributed by atoms with Gasteiger partial charge in [-0.05, 0) is 50.0 Å². The van der Waals surface area contributed by atoms with Gasteiger partial charge in [0.1, 0.15) is 0 Å². The van der Waals surface area contributed by atoms with Gasteiger partial charge >= 0.3 is 0 Å². The van der Waals surface area contributed by atoms with Crippen LogP contribution in [0.5, 0.6) is 0 Å². The first kappa shape index (κ1) is 16.9. The van der Waals surface area contributed by atoms with Gasteiger partial charge in [-0.3, -0.25) is 0 Å². The van der Waals surface area contributed by atoms with E-state index in [2.05, 4.69) is 64.6 Å². The topological polar surface area (TPSA) is 26.0 Å². The third kappa shape index (κ3) is 4.75. The van der Waals surface area contributed by atoms with Crippen molar-refractivity contribution in [3.63, 3.8) is 0 Å². The molecule has 0 amide bonds. The summed E-state index contributed by atoms with van der Waals surface area (Å²) in [6.45, 7) is 11.5. The van der Waals surface area contributed by atoms with Crippen LogP contribution in [0.2, 0.25) is 0 Å². The van der Waals surface area contributed by atoms with Crippen LogP contribution in [0, 0.1) is 25.2 Å². The van der Waals surface area contributed by atoms with Crippen molar-refractivity contribution in [3.05, 3.63) is 34.9 Å². The summed E-state index contributed by atoms with van der Waals surface area (Å²) >= 11 is 2.07. The molecule has 21 heavy (non-hydrogen) atoms. The molecular weight excluding hydrogens is 274 g/mol. The summed E-state index contributed by atoms with van der Waals surface area (Å²) in [6, 6.07) is 7.25. The maximum Gasteiger partial charge on any atom is 0.0205 e. The van der Waals surface area contributed by atoms with E-state index in [1.807, 2.05) is 0 Å². The lowest BCUT2D eigenvalue weighted by Gasteiger charge is -2.40. The second-order valence-corrected chi connectivity index (χ2v) is 9.11. The van der Waals surface area contributed by atoms with E-state index in [1.54, 1.807) is 0 Å². The molecule has 0 bridgehead atoms. The molecule has 0 radical (unpaired) electrons. The zero-order chi connectivity index (χ0) is 15.6. The van der Waals surface area contributed by atoms with Crippen molar-refractivity contribution in [2.75, 3.05) is 0 Å². The fourth-order valence-electron chi connectivity index (χ4n) is 3.49. The van der Waals surface area contributed by atoms with Crippen LogP contribution in [-0.2, 0) is 5.75 Å². The Balaban J connectivity index is 1.97. The minimum absolute atomic E-state index is 0.375. The highest BCUT2D eigenvalue weighted by atomic mass is 32.2. The Morgan fingerprint density at radius 2 is 1.71 bits per heavy atom. The van der Waals surface area contributed by atoms with Gasteiger partial charge in [-0.25, -0.2) is 0 Å². The monoisotopic (exact) mass is 305 g/mol. The predicted octanol–water partition coefficient (Wildman–Crippen LogP) is 5.08. The molecule has 2 rings (SSSR count). The first-order valence-corrected chi connectivity index (χ1v) is 9.25. The Morgan fingerprint density at radius 1 is 1.10 bits per heavy atom. The summed E-state index contributed by atoms with van der Waals surface area (Å²) < 4.78 is 0. The van der Waals surface area contributed by atoms with Crippen LogP contribution >= 0.6 is 11.8 Å². The Labute approximate surface area is 135 Å². The first-order valence-electron chi connectivity index (χ1n) is 8.20. The van der Waals surface area contributed by atoms with Gasteiger partial charge in [0.2, 0.25) is 0 Å². The lowest BCUT2D eigenvalue weighted by atomic mass is 9.71. The molecule has 0 saturated heterocycles. The molecule has 1 aromatic carbocycles. The number of hydrogen-bond acceptors (Lipinski definition) is 2. The highest BCUT2D eigenvalue weighted by Gasteiger charge is 2.34. The molecule has 0 spiro atoms. The highest BCUT2D eigenvalue weighted by Crippen LogP contribution is 2.41. The number of nitrogens with two attached hydrogens (primary N) is 1. The van der Waals surface area contributed by atoms with Crippen molar-refractivity contribution >= 4 is 11.8 Å². The standard InChI is InChI=1S/C19H31NS/c1-13-8-14(2)10-15(9-13)12-21-18-11-16(19(3,4)5)6-7-17(18)20/h8-10,16-18H,6-7,11-12,20H2,1-5H3. The van der Waals surface area contributed by atoms with E-state index in [1.165, 1.54) is 36.0 Å². The van der Waals surface area contributed by atoms with E-state index in [0.29, 0.717) is 16.7 Å². The molecule has 1 aromatic rings. The van der Waals surface area contributed by atoms with E-state index < -0.39 is 0 Å². The van der Waals surface area contributed by atoms with Gasteiger partial charge in [0.25, 0.3) is 0 Å². The maximum atomic E-state index is 6.39. The SMILES string of the molecule is Cc1cc(C)cc(CSC2CC(C(C)(C)C)CCC2N)c1. The lowest BCUT2D eigenvalue weighted by molar-refractivity contribution is 0.174. The van der Waals surface area contributed by atoms with E-state index in [4.69, 9.17) is 5.73 Å². The summed E-state index contributed by atoms with van der Waals surface area (Å²) in [5, 5.41) is 0.615. The van der Waals surface area contributed by atoms with Gasteiger partial charge in [-0.1, -0.05) is 50.1 Å². The van der Waals surface area contributed by atoms with Crippen LogP contribution < -0.4 is 5.73 Å². The van der Waals surface area contributed by atoms with Crippen LogP contribution in [0.25, 0.3) is 0 Å². The van der Waals surface area contributed by atoms with Crippen LogP contribution in [-0.4, -0.2) is 11.3 Å². The zero-order valence-electron chi connectivity index (χ0n) is 14.3. The molecule has 2 N–H and O–H groups in total. The number of rotatable bonds is 3. The van der Waals surface area contributed by atoms with Crippen molar-refractivity contribution in [2.45, 2.75) is 70.9 Å². The van der Waals surface area contributed by atoms with Crippen molar-refractivity contribution in [3.8, 4) is 0 Å². The molecule has 3 atom stereocenters. The van der Waals surface area contributed by atoms with Crippen LogP contribution in [0.3, 0.4) is 0 Å². The minimum Gasteiger partial charge on any atom is -0.327 e. The van der Waals surface area contributed by atoms with Crippen LogP contribution in [0.15, 0.2) is 18.2 Å². The molecule has 1 aliphatic carbocycles. The highest BCUT2D eigenvalue weighted by molar-refractivity contribution is 7.99. The van der Waals surface area contributed by atoms with Gasteiger partial charge in [0.05, 0.1) is 0 Å². The number of benzene rings is 1. The van der Waals surface area contributed by atoms with Gasteiger partial charge in [-0.15, -0.1) is 0 Å². The summed E-state index contributed by atoms with van der Waals surface area (Å²) in [5.41, 5.74) is 11.0. The maximum absolute atomic E-state index is 6.39. The third-order valence-electron chi connectivity index (χ3n) is 4.81. The van der Waals surface area contributed by atoms with Crippen molar-refractivity contribution in [1.29, 1.82) is 0 Å². The van der Waals surface area contributed by atoms with E-state index >= 15 is 0 Å². The summed E-state index contributed by atoms with van der Waals surface area (Å²) in [6.07, 6.45) is 3.76. The molecule has 1 nitrogen and oxygen atoms in total. The molecule has 0 aromatic heterocycles. The Morgan fingerprint density at radius 3 is 2.29 bits per heavy atom. The number of aryl methyl sites for hydroxylation is 2. The Kier molecular flexibility index (Phi) is 5.43. The summed E-state index contributed by atoms with van der Waals surface area (Å²) in [7, 11) is 0. The van der Waals surface area contributed by atoms with Crippen LogP contribution in [0.4, 0.5) is 0 Å². The average Bonchev–Trinajstić information content (AvgIpc) is 2.35. The molecule has 0 heterocycles. The Bertz CT molecular complexity index is 455. The summed E-state index contributed by atoms with van der Waals surface area (Å²) in [4.78, 5) is 0. The largest absolute Gasteiger partial charge is 0.327 e. The van der Waals surface area contributed by atoms with Crippen molar-refractivity contribution in [2.24, 2.45) is 17.1 Å². The van der Waals surface area contributed by atoms with Gasteiger partial charge in [-0.2, -0.15) is 11.8 Å². The normalized spacial score (nSPS) is 26.9. The molecule has 118 valence electrons. The first-order chi connectivity index (χ1) is 9.75. The Hall–Kier alpha value is -0.470. The molecule has 0 aliphatic heterocycles. The van der Waals surface area contributed by atoms with Crippen LogP contribution in [0.1, 0.15) is 56.7 Å². The second-order valence-electron chi connectivity index (χ2n) is 7.89. The quantitative estimate of drug-likeness (QED) is 0.843. The van der Waals surface area contributed by atoms with Gasteiger partial charge < -0.3 is 5.73 Å². The van der Waals surface area contributed by atoms with Gasteiger partial charge in [0, 0.05) is 17.0 Å². The smallest absolute Gasteiger partial charge is 0.0205 e. The molecule has 1 saturated carbocycles. The van der Waals surface area contributed by atoms with Crippen molar-refractivity contribution in [1.82, 2.24) is 0 Å². The minimum atomic E-state index is 0.375. The lowest BCUT2D eigenvalue weighted by Crippen LogP contribution is -2.41. The van der Waals surface area contributed by atoms with E-state index in [9.17, 15) is 0 Å². The number of hydrogen-bond donors (Lipinski definition) is 1.